The molecule has 0 saturated carbocycles. The van der Waals surface area contributed by atoms with Crippen LogP contribution in [0.2, 0.25) is 0 Å². The highest BCUT2D eigenvalue weighted by molar-refractivity contribution is 5.29. The van der Waals surface area contributed by atoms with E-state index in [1.54, 1.807) is 0 Å². The average molecular weight is 271 g/mol. The molecular formula is C16H21N3O. The molecule has 0 atom stereocenters. The first kappa shape index (κ1) is 14.5. The molecule has 0 aliphatic heterocycles. The molecule has 4 nitrogen and oxygen atoms in total. The average Bonchev–Trinajstić information content (AvgIpc) is 2.47. The lowest BCUT2D eigenvalue weighted by Gasteiger charge is -2.08. The number of rotatable bonds is 6. The lowest BCUT2D eigenvalue weighted by atomic mass is 10.2. The zero-order valence-electron chi connectivity index (χ0n) is 12.3. The summed E-state index contributed by atoms with van der Waals surface area (Å²) in [7, 11) is 0. The van der Waals surface area contributed by atoms with E-state index in [0.29, 0.717) is 6.01 Å². The number of hydrogen-bond acceptors (Lipinski definition) is 4. The molecular weight excluding hydrogens is 250 g/mol. The van der Waals surface area contributed by atoms with Crippen molar-refractivity contribution >= 4 is 0 Å². The normalized spacial score (nSPS) is 10.6. The van der Waals surface area contributed by atoms with Crippen LogP contribution in [0.4, 0.5) is 0 Å². The van der Waals surface area contributed by atoms with E-state index < -0.39 is 0 Å². The van der Waals surface area contributed by atoms with Crippen LogP contribution in [0.5, 0.6) is 11.8 Å². The van der Waals surface area contributed by atoms with Crippen LogP contribution in [0.3, 0.4) is 0 Å². The number of nitrogens with one attached hydrogen (secondary N) is 1. The maximum Gasteiger partial charge on any atom is 0.322 e. The molecule has 0 bridgehead atoms. The molecule has 4 heteroatoms. The predicted octanol–water partition coefficient (Wildman–Crippen LogP) is 3.25. The van der Waals surface area contributed by atoms with Crippen molar-refractivity contribution in [1.82, 2.24) is 15.3 Å². The maximum absolute atomic E-state index is 5.68. The van der Waals surface area contributed by atoms with Gasteiger partial charge in [-0.2, -0.15) is 4.98 Å². The van der Waals surface area contributed by atoms with Gasteiger partial charge < -0.3 is 10.1 Å². The van der Waals surface area contributed by atoms with E-state index in [9.17, 15) is 0 Å². The summed E-state index contributed by atoms with van der Waals surface area (Å²) in [5.74, 6) is 0.765. The van der Waals surface area contributed by atoms with Gasteiger partial charge >= 0.3 is 6.01 Å². The summed E-state index contributed by atoms with van der Waals surface area (Å²) >= 11 is 0. The van der Waals surface area contributed by atoms with Crippen LogP contribution < -0.4 is 10.1 Å². The van der Waals surface area contributed by atoms with E-state index in [1.165, 1.54) is 5.56 Å². The van der Waals surface area contributed by atoms with Crippen LogP contribution in [0.25, 0.3) is 0 Å². The molecule has 1 aromatic carbocycles. The molecule has 0 aliphatic rings. The highest BCUT2D eigenvalue weighted by atomic mass is 16.5. The predicted molar refractivity (Wildman–Crippen MR) is 80.0 cm³/mol. The van der Waals surface area contributed by atoms with E-state index >= 15 is 0 Å². The van der Waals surface area contributed by atoms with Gasteiger partial charge in [-0.25, -0.2) is 4.98 Å². The Kier molecular flexibility index (Phi) is 5.07. The number of ether oxygens (including phenoxy) is 1. The Morgan fingerprint density at radius 1 is 1.15 bits per heavy atom. The summed E-state index contributed by atoms with van der Waals surface area (Å²) in [6, 6.07) is 8.41. The third-order valence-electron chi connectivity index (χ3n) is 3.17. The van der Waals surface area contributed by atoms with Gasteiger partial charge in [0.2, 0.25) is 0 Å². The number of aryl methyl sites for hydroxylation is 2. The third-order valence-corrected chi connectivity index (χ3v) is 3.17. The van der Waals surface area contributed by atoms with Crippen molar-refractivity contribution in [2.24, 2.45) is 0 Å². The molecule has 0 aliphatic carbocycles. The Morgan fingerprint density at radius 3 is 2.50 bits per heavy atom. The Bertz CT molecular complexity index is 552. The molecule has 0 unspecified atom stereocenters. The Hall–Kier alpha value is -1.94. The van der Waals surface area contributed by atoms with Crippen LogP contribution in [0, 0.1) is 6.92 Å². The lowest BCUT2D eigenvalue weighted by Crippen LogP contribution is -2.13. The molecule has 20 heavy (non-hydrogen) atoms. The highest BCUT2D eigenvalue weighted by Gasteiger charge is 2.05. The molecule has 2 aromatic rings. The largest absolute Gasteiger partial charge is 0.424 e. The Morgan fingerprint density at radius 2 is 1.90 bits per heavy atom. The monoisotopic (exact) mass is 271 g/mol. The molecule has 1 N–H and O–H groups in total. The first-order valence-corrected chi connectivity index (χ1v) is 7.03. The van der Waals surface area contributed by atoms with Crippen molar-refractivity contribution in [1.29, 1.82) is 0 Å². The molecule has 1 aromatic heterocycles. The lowest BCUT2D eigenvalue weighted by molar-refractivity contribution is 0.439. The topological polar surface area (TPSA) is 47.0 Å². The van der Waals surface area contributed by atoms with Crippen LogP contribution in [0.15, 0.2) is 30.5 Å². The minimum absolute atomic E-state index is 0.395. The van der Waals surface area contributed by atoms with Gasteiger partial charge in [0.1, 0.15) is 5.75 Å². The number of benzene rings is 1. The van der Waals surface area contributed by atoms with E-state index in [1.807, 2.05) is 25.3 Å². The van der Waals surface area contributed by atoms with Crippen LogP contribution in [0.1, 0.15) is 30.7 Å². The zero-order valence-corrected chi connectivity index (χ0v) is 12.3. The van der Waals surface area contributed by atoms with Gasteiger partial charge in [0.25, 0.3) is 0 Å². The van der Waals surface area contributed by atoms with Crippen LogP contribution >= 0.6 is 0 Å². The molecule has 0 spiro atoms. The third kappa shape index (κ3) is 3.78. The van der Waals surface area contributed by atoms with Gasteiger partial charge in [-0.3, -0.25) is 0 Å². The van der Waals surface area contributed by atoms with Gasteiger partial charge in [-0.15, -0.1) is 0 Å². The number of nitrogens with zero attached hydrogens (tertiary/aromatic N) is 2. The minimum Gasteiger partial charge on any atom is -0.424 e. The van der Waals surface area contributed by atoms with Gasteiger partial charge in [-0.05, 0) is 37.6 Å². The summed E-state index contributed by atoms with van der Waals surface area (Å²) < 4.78 is 5.68. The van der Waals surface area contributed by atoms with Crippen molar-refractivity contribution in [2.75, 3.05) is 6.54 Å². The first-order valence-electron chi connectivity index (χ1n) is 7.03. The molecule has 2 rings (SSSR count). The quantitative estimate of drug-likeness (QED) is 0.876. The second-order valence-corrected chi connectivity index (χ2v) is 4.64. The summed E-state index contributed by atoms with van der Waals surface area (Å²) in [6.45, 7) is 7.90. The van der Waals surface area contributed by atoms with Gasteiger partial charge in [0.15, 0.2) is 0 Å². The van der Waals surface area contributed by atoms with E-state index in [-0.39, 0.29) is 0 Å². The summed E-state index contributed by atoms with van der Waals surface area (Å²) in [6.07, 6.45) is 2.84. The van der Waals surface area contributed by atoms with Gasteiger partial charge in [0, 0.05) is 24.0 Å². The fraction of sp³-hybridized carbons (Fsp3) is 0.375. The summed E-state index contributed by atoms with van der Waals surface area (Å²) in [5.41, 5.74) is 3.33. The van der Waals surface area contributed by atoms with Crippen LogP contribution in [-0.2, 0) is 13.0 Å². The second kappa shape index (κ2) is 7.01. The zero-order chi connectivity index (χ0) is 14.4. The van der Waals surface area contributed by atoms with Gasteiger partial charge in [0.05, 0.1) is 0 Å². The second-order valence-electron chi connectivity index (χ2n) is 4.64. The standard InChI is InChI=1S/C16H21N3O/c1-4-13-6-8-15(9-7-13)20-16-18-11-14(10-17-5-2)12(3)19-16/h6-9,11,17H,4-5,10H2,1-3H3. The molecule has 0 fully saturated rings. The SMILES string of the molecule is CCNCc1cnc(Oc2ccc(CC)cc2)nc1C. The van der Waals surface area contributed by atoms with Crippen molar-refractivity contribution in [3.05, 3.63) is 47.3 Å². The molecule has 1 heterocycles. The van der Waals surface area contributed by atoms with Crippen molar-refractivity contribution in [2.45, 2.75) is 33.7 Å². The minimum atomic E-state index is 0.395. The van der Waals surface area contributed by atoms with Crippen molar-refractivity contribution in [3.8, 4) is 11.8 Å². The van der Waals surface area contributed by atoms with E-state index in [0.717, 1.165) is 36.5 Å². The highest BCUT2D eigenvalue weighted by Crippen LogP contribution is 2.19. The van der Waals surface area contributed by atoms with Gasteiger partial charge in [-0.1, -0.05) is 26.0 Å². The number of hydrogen-bond donors (Lipinski definition) is 1. The molecule has 0 saturated heterocycles. The Balaban J connectivity index is 2.07. The Labute approximate surface area is 120 Å². The van der Waals surface area contributed by atoms with E-state index in [4.69, 9.17) is 4.74 Å². The molecule has 0 amide bonds. The summed E-state index contributed by atoms with van der Waals surface area (Å²) in [5, 5.41) is 3.27. The van der Waals surface area contributed by atoms with E-state index in [2.05, 4.69) is 41.3 Å². The summed E-state index contributed by atoms with van der Waals surface area (Å²) in [4.78, 5) is 8.65. The molecule has 106 valence electrons. The van der Waals surface area contributed by atoms with Crippen molar-refractivity contribution in [3.63, 3.8) is 0 Å². The first-order chi connectivity index (χ1) is 9.72. The fourth-order valence-corrected chi connectivity index (χ4v) is 1.85. The fourth-order valence-electron chi connectivity index (χ4n) is 1.85. The van der Waals surface area contributed by atoms with Crippen LogP contribution in [-0.4, -0.2) is 16.5 Å². The maximum atomic E-state index is 5.68. The smallest absolute Gasteiger partial charge is 0.322 e. The van der Waals surface area contributed by atoms with Crippen molar-refractivity contribution < 1.29 is 4.74 Å². The number of aromatic nitrogens is 2. The molecule has 0 radical (unpaired) electrons.